The number of carbonyl (C=O) groups is 1. The first-order valence-corrected chi connectivity index (χ1v) is 7.47. The van der Waals surface area contributed by atoms with Crippen LogP contribution in [0.15, 0.2) is 42.5 Å². The molecule has 0 spiro atoms. The molecule has 6 heteroatoms. The Morgan fingerprint density at radius 1 is 1.12 bits per heavy atom. The van der Waals surface area contributed by atoms with Gasteiger partial charge in [-0.3, -0.25) is 4.79 Å². The zero-order chi connectivity index (χ0) is 16.7. The second-order valence-electron chi connectivity index (χ2n) is 5.20. The number of nitrogens with two attached hydrogens (primary N) is 1. The van der Waals surface area contributed by atoms with Crippen LogP contribution in [0.4, 0.5) is 5.69 Å². The molecule has 3 N–H and O–H groups in total. The molecule has 130 valence electrons. The molecule has 0 saturated carbocycles. The Bertz CT molecular complexity index is 660. The quantitative estimate of drug-likeness (QED) is 0.752. The Labute approximate surface area is 148 Å². The molecule has 0 saturated heterocycles. The van der Waals surface area contributed by atoms with Crippen molar-refractivity contribution in [1.82, 2.24) is 0 Å². The lowest BCUT2D eigenvalue weighted by molar-refractivity contribution is 0.102. The fourth-order valence-corrected chi connectivity index (χ4v) is 2.07. The number of amides is 1. The standard InChI is InChI=1S/C18H22N2O3.ClH/c1-13-3-8-16(17(11-13)23-10-9-22-2)20-18(21)15-6-4-14(12-19)5-7-15;/h3-8,11H,9-10,12,19H2,1-2H3,(H,20,21);1H. The van der Waals surface area contributed by atoms with Crippen molar-refractivity contribution in [3.63, 3.8) is 0 Å². The van der Waals surface area contributed by atoms with Crippen molar-refractivity contribution in [2.75, 3.05) is 25.6 Å². The summed E-state index contributed by atoms with van der Waals surface area (Å²) in [6.07, 6.45) is 0. The molecule has 2 rings (SSSR count). The fraction of sp³-hybridized carbons (Fsp3) is 0.278. The van der Waals surface area contributed by atoms with E-state index < -0.39 is 0 Å². The van der Waals surface area contributed by atoms with E-state index in [1.54, 1.807) is 19.2 Å². The van der Waals surface area contributed by atoms with Gasteiger partial charge in [0, 0.05) is 19.2 Å². The third-order valence-corrected chi connectivity index (χ3v) is 3.38. The van der Waals surface area contributed by atoms with Crippen LogP contribution in [-0.2, 0) is 11.3 Å². The van der Waals surface area contributed by atoms with Crippen molar-refractivity contribution in [1.29, 1.82) is 0 Å². The Kier molecular flexibility index (Phi) is 8.26. The maximum atomic E-state index is 12.4. The average molecular weight is 351 g/mol. The van der Waals surface area contributed by atoms with Gasteiger partial charge in [0.25, 0.3) is 5.91 Å². The lowest BCUT2D eigenvalue weighted by Gasteiger charge is -2.13. The van der Waals surface area contributed by atoms with Gasteiger partial charge in [-0.25, -0.2) is 0 Å². The summed E-state index contributed by atoms with van der Waals surface area (Å²) in [5.74, 6) is 0.447. The average Bonchev–Trinajstić information content (AvgIpc) is 2.57. The van der Waals surface area contributed by atoms with Gasteiger partial charge in [0.05, 0.1) is 12.3 Å². The Morgan fingerprint density at radius 3 is 2.46 bits per heavy atom. The molecule has 0 atom stereocenters. The van der Waals surface area contributed by atoms with Gasteiger partial charge in [0.2, 0.25) is 0 Å². The zero-order valence-corrected chi connectivity index (χ0v) is 14.7. The third kappa shape index (κ3) is 5.53. The second kappa shape index (κ2) is 9.93. The summed E-state index contributed by atoms with van der Waals surface area (Å²) in [6, 6.07) is 12.9. The molecule has 0 bridgehead atoms. The topological polar surface area (TPSA) is 73.6 Å². The molecular weight excluding hydrogens is 328 g/mol. The van der Waals surface area contributed by atoms with E-state index in [2.05, 4.69) is 5.32 Å². The lowest BCUT2D eigenvalue weighted by Crippen LogP contribution is -2.14. The van der Waals surface area contributed by atoms with Crippen LogP contribution in [-0.4, -0.2) is 26.2 Å². The minimum Gasteiger partial charge on any atom is -0.489 e. The highest BCUT2D eigenvalue weighted by molar-refractivity contribution is 6.05. The van der Waals surface area contributed by atoms with Gasteiger partial charge in [-0.1, -0.05) is 18.2 Å². The number of carbonyl (C=O) groups excluding carboxylic acids is 1. The fourth-order valence-electron chi connectivity index (χ4n) is 2.07. The number of ether oxygens (including phenoxy) is 2. The van der Waals surface area contributed by atoms with Gasteiger partial charge >= 0.3 is 0 Å². The number of anilines is 1. The number of rotatable bonds is 7. The highest BCUT2D eigenvalue weighted by Crippen LogP contribution is 2.26. The zero-order valence-electron chi connectivity index (χ0n) is 13.9. The SMILES string of the molecule is COCCOc1cc(C)ccc1NC(=O)c1ccc(CN)cc1.Cl. The molecule has 2 aromatic carbocycles. The van der Waals surface area contributed by atoms with Crippen LogP contribution in [0.3, 0.4) is 0 Å². The molecule has 5 nitrogen and oxygen atoms in total. The summed E-state index contributed by atoms with van der Waals surface area (Å²) in [5.41, 5.74) is 8.82. The maximum Gasteiger partial charge on any atom is 0.255 e. The molecule has 0 aliphatic rings. The van der Waals surface area contributed by atoms with Crippen molar-refractivity contribution >= 4 is 24.0 Å². The summed E-state index contributed by atoms with van der Waals surface area (Å²) in [5, 5.41) is 2.88. The highest BCUT2D eigenvalue weighted by Gasteiger charge is 2.10. The van der Waals surface area contributed by atoms with E-state index in [-0.39, 0.29) is 18.3 Å². The number of benzene rings is 2. The van der Waals surface area contributed by atoms with E-state index in [4.69, 9.17) is 15.2 Å². The minimum absolute atomic E-state index is 0. The molecule has 0 heterocycles. The smallest absolute Gasteiger partial charge is 0.255 e. The Morgan fingerprint density at radius 2 is 1.83 bits per heavy atom. The van der Waals surface area contributed by atoms with Gasteiger partial charge in [-0.2, -0.15) is 0 Å². The number of hydrogen-bond acceptors (Lipinski definition) is 4. The largest absolute Gasteiger partial charge is 0.489 e. The first kappa shape index (κ1) is 20.0. The summed E-state index contributed by atoms with van der Waals surface area (Å²) in [4.78, 5) is 12.4. The molecule has 0 fully saturated rings. The molecule has 24 heavy (non-hydrogen) atoms. The normalized spacial score (nSPS) is 9.96. The number of aryl methyl sites for hydroxylation is 1. The number of nitrogens with one attached hydrogen (secondary N) is 1. The van der Waals surface area contributed by atoms with Crippen LogP contribution in [0.5, 0.6) is 5.75 Å². The van der Waals surface area contributed by atoms with Gasteiger partial charge in [-0.15, -0.1) is 12.4 Å². The predicted octanol–water partition coefficient (Wildman–Crippen LogP) is 3.15. The lowest BCUT2D eigenvalue weighted by atomic mass is 10.1. The third-order valence-electron chi connectivity index (χ3n) is 3.38. The van der Waals surface area contributed by atoms with E-state index in [1.165, 1.54) is 0 Å². The van der Waals surface area contributed by atoms with Crippen molar-refractivity contribution in [3.8, 4) is 5.75 Å². The molecule has 0 radical (unpaired) electrons. The molecule has 0 unspecified atom stereocenters. The summed E-state index contributed by atoms with van der Waals surface area (Å²) < 4.78 is 10.7. The van der Waals surface area contributed by atoms with E-state index >= 15 is 0 Å². The van der Waals surface area contributed by atoms with Crippen molar-refractivity contribution in [2.45, 2.75) is 13.5 Å². The minimum atomic E-state index is -0.186. The molecule has 2 aromatic rings. The molecule has 0 aliphatic carbocycles. The number of hydrogen-bond donors (Lipinski definition) is 2. The number of methoxy groups -OCH3 is 1. The van der Waals surface area contributed by atoms with Crippen molar-refractivity contribution < 1.29 is 14.3 Å². The summed E-state index contributed by atoms with van der Waals surface area (Å²) in [6.45, 7) is 3.34. The second-order valence-corrected chi connectivity index (χ2v) is 5.20. The monoisotopic (exact) mass is 350 g/mol. The first-order chi connectivity index (χ1) is 11.1. The van der Waals surface area contributed by atoms with Gasteiger partial charge in [0.1, 0.15) is 12.4 Å². The van der Waals surface area contributed by atoms with Crippen LogP contribution in [0, 0.1) is 6.92 Å². The molecule has 0 aromatic heterocycles. The van der Waals surface area contributed by atoms with E-state index in [0.29, 0.717) is 36.8 Å². The highest BCUT2D eigenvalue weighted by atomic mass is 35.5. The number of halogens is 1. The molecular formula is C18H23ClN2O3. The van der Waals surface area contributed by atoms with E-state index in [0.717, 1.165) is 11.1 Å². The summed E-state index contributed by atoms with van der Waals surface area (Å²) in [7, 11) is 1.62. The van der Waals surface area contributed by atoms with Crippen LogP contribution >= 0.6 is 12.4 Å². The van der Waals surface area contributed by atoms with Crippen LogP contribution in [0.25, 0.3) is 0 Å². The van der Waals surface area contributed by atoms with Crippen LogP contribution in [0.1, 0.15) is 21.5 Å². The van der Waals surface area contributed by atoms with E-state index in [9.17, 15) is 4.79 Å². The van der Waals surface area contributed by atoms with Crippen molar-refractivity contribution in [3.05, 3.63) is 59.2 Å². The Balaban J connectivity index is 0.00000288. The first-order valence-electron chi connectivity index (χ1n) is 7.47. The maximum absolute atomic E-state index is 12.4. The van der Waals surface area contributed by atoms with Crippen LogP contribution in [0.2, 0.25) is 0 Å². The van der Waals surface area contributed by atoms with Crippen LogP contribution < -0.4 is 15.8 Å². The van der Waals surface area contributed by atoms with Gasteiger partial charge in [0.15, 0.2) is 0 Å². The molecule has 1 amide bonds. The Hall–Kier alpha value is -2.08. The predicted molar refractivity (Wildman–Crippen MR) is 98.1 cm³/mol. The van der Waals surface area contributed by atoms with Crippen molar-refractivity contribution in [2.24, 2.45) is 5.73 Å². The van der Waals surface area contributed by atoms with Gasteiger partial charge < -0.3 is 20.5 Å². The van der Waals surface area contributed by atoms with E-state index in [1.807, 2.05) is 37.3 Å². The van der Waals surface area contributed by atoms with Gasteiger partial charge in [-0.05, 0) is 42.3 Å². The summed E-state index contributed by atoms with van der Waals surface area (Å²) >= 11 is 0. The molecule has 0 aliphatic heterocycles.